The lowest BCUT2D eigenvalue weighted by atomic mass is 10.2. The van der Waals surface area contributed by atoms with E-state index >= 15 is 0 Å². The van der Waals surface area contributed by atoms with Crippen molar-refractivity contribution < 1.29 is 14.3 Å². The van der Waals surface area contributed by atoms with Crippen molar-refractivity contribution in [2.24, 2.45) is 0 Å². The van der Waals surface area contributed by atoms with Crippen LogP contribution in [0.25, 0.3) is 22.8 Å². The lowest BCUT2D eigenvalue weighted by Crippen LogP contribution is -2.37. The van der Waals surface area contributed by atoms with Crippen LogP contribution in [0.3, 0.4) is 0 Å². The average Bonchev–Trinajstić information content (AvgIpc) is 3.35. The fraction of sp³-hybridized carbons (Fsp3) is 0.148. The van der Waals surface area contributed by atoms with Gasteiger partial charge in [0.1, 0.15) is 11.5 Å². The summed E-state index contributed by atoms with van der Waals surface area (Å²) in [6.45, 7) is 6.51. The fourth-order valence-electron chi connectivity index (χ4n) is 3.40. The first kappa shape index (κ1) is 24.9. The molecule has 4 rings (SSSR count). The van der Waals surface area contributed by atoms with Crippen LogP contribution in [0.5, 0.6) is 11.5 Å². The molecule has 0 aliphatic carbocycles. The average molecular weight is 502 g/mol. The van der Waals surface area contributed by atoms with Crippen LogP contribution in [-0.2, 0) is 4.79 Å². The minimum Gasteiger partial charge on any atom is -0.497 e. The van der Waals surface area contributed by atoms with Gasteiger partial charge in [0.05, 0.1) is 25.2 Å². The third kappa shape index (κ3) is 6.05. The van der Waals surface area contributed by atoms with Gasteiger partial charge in [-0.1, -0.05) is 48.7 Å². The summed E-state index contributed by atoms with van der Waals surface area (Å²) in [5.74, 6) is 2.13. The zero-order chi connectivity index (χ0) is 25.3. The van der Waals surface area contributed by atoms with Crippen LogP contribution in [0.15, 0.2) is 90.6 Å². The topological polar surface area (TPSA) is 90.3 Å². The summed E-state index contributed by atoms with van der Waals surface area (Å²) < 4.78 is 12.7. The lowest BCUT2D eigenvalue weighted by Gasteiger charge is -2.13. The molecule has 0 spiro atoms. The Labute approximate surface area is 214 Å². The predicted octanol–water partition coefficient (Wildman–Crippen LogP) is 4.73. The Bertz CT molecular complexity index is 1310. The number of rotatable bonds is 11. The molecule has 0 saturated heterocycles. The number of methoxy groups -OCH3 is 1. The molecule has 2 N–H and O–H groups in total. The minimum atomic E-state index is -0.225. The van der Waals surface area contributed by atoms with E-state index in [1.54, 1.807) is 7.11 Å². The predicted molar refractivity (Wildman–Crippen MR) is 142 cm³/mol. The van der Waals surface area contributed by atoms with Crippen LogP contribution in [-0.4, -0.2) is 40.1 Å². The van der Waals surface area contributed by atoms with Gasteiger partial charge in [0.25, 0.3) is 0 Å². The maximum Gasteiger partial charge on any atom is 0.248 e. The molecule has 0 aliphatic rings. The van der Waals surface area contributed by atoms with Crippen molar-refractivity contribution in [1.82, 2.24) is 25.6 Å². The Kier molecular flexibility index (Phi) is 8.25. The second kappa shape index (κ2) is 11.9. The van der Waals surface area contributed by atoms with Gasteiger partial charge in [-0.3, -0.25) is 20.2 Å². The van der Waals surface area contributed by atoms with E-state index in [1.165, 1.54) is 11.8 Å². The van der Waals surface area contributed by atoms with E-state index in [-0.39, 0.29) is 11.7 Å². The van der Waals surface area contributed by atoms with Crippen molar-refractivity contribution >= 4 is 23.4 Å². The van der Waals surface area contributed by atoms with E-state index < -0.39 is 0 Å². The first-order valence-electron chi connectivity index (χ1n) is 11.3. The molecule has 184 valence electrons. The standard InChI is InChI=1S/C27H27N5O3S/c1-4-35-24-16-12-22(13-17-24)32-26(21-8-6-5-7-9-21)30-31-27(32)36-18-25(33)29-28-19(2)20-10-14-23(34-3)15-11-20/h5-17,28H,2,4,18H2,1,3H3,(H,29,33). The molecule has 9 heteroatoms. The quantitative estimate of drug-likeness (QED) is 0.227. The van der Waals surface area contributed by atoms with Crippen molar-refractivity contribution in [2.45, 2.75) is 12.1 Å². The third-order valence-electron chi connectivity index (χ3n) is 5.19. The van der Waals surface area contributed by atoms with E-state index in [9.17, 15) is 4.79 Å². The highest BCUT2D eigenvalue weighted by Crippen LogP contribution is 2.28. The zero-order valence-corrected chi connectivity index (χ0v) is 20.9. The van der Waals surface area contributed by atoms with Gasteiger partial charge in [0.15, 0.2) is 11.0 Å². The van der Waals surface area contributed by atoms with E-state index in [2.05, 4.69) is 27.6 Å². The van der Waals surface area contributed by atoms with Gasteiger partial charge >= 0.3 is 0 Å². The van der Waals surface area contributed by atoms with Crippen molar-refractivity contribution in [3.05, 3.63) is 91.0 Å². The number of ether oxygens (including phenoxy) is 2. The van der Waals surface area contributed by atoms with Crippen LogP contribution in [0, 0.1) is 0 Å². The smallest absolute Gasteiger partial charge is 0.248 e. The SMILES string of the molecule is C=C(NNC(=O)CSc1nnc(-c2ccccc2)n1-c1ccc(OCC)cc1)c1ccc(OC)cc1. The third-order valence-corrected chi connectivity index (χ3v) is 6.12. The Hall–Kier alpha value is -4.24. The van der Waals surface area contributed by atoms with E-state index in [0.717, 1.165) is 28.3 Å². The second-order valence-electron chi connectivity index (χ2n) is 7.60. The number of benzene rings is 3. The molecule has 3 aromatic carbocycles. The Balaban J connectivity index is 1.46. The summed E-state index contributed by atoms with van der Waals surface area (Å²) in [4.78, 5) is 12.6. The number of hydrazine groups is 1. The number of hydrogen-bond acceptors (Lipinski definition) is 7. The van der Waals surface area contributed by atoms with Gasteiger partial charge in [-0.2, -0.15) is 0 Å². The summed E-state index contributed by atoms with van der Waals surface area (Å²) in [6.07, 6.45) is 0. The highest BCUT2D eigenvalue weighted by atomic mass is 32.2. The Morgan fingerprint density at radius 3 is 2.31 bits per heavy atom. The van der Waals surface area contributed by atoms with E-state index in [1.807, 2.05) is 90.4 Å². The molecule has 36 heavy (non-hydrogen) atoms. The first-order valence-corrected chi connectivity index (χ1v) is 12.3. The number of nitrogens with zero attached hydrogens (tertiary/aromatic N) is 3. The Morgan fingerprint density at radius 1 is 0.944 bits per heavy atom. The molecule has 0 atom stereocenters. The van der Waals surface area contributed by atoms with Gasteiger partial charge in [-0.05, 0) is 61.0 Å². The molecule has 8 nitrogen and oxygen atoms in total. The van der Waals surface area contributed by atoms with Crippen LogP contribution in [0.1, 0.15) is 12.5 Å². The summed E-state index contributed by atoms with van der Waals surface area (Å²) in [6, 6.07) is 24.9. The van der Waals surface area contributed by atoms with Crippen molar-refractivity contribution in [3.63, 3.8) is 0 Å². The van der Waals surface area contributed by atoms with Gasteiger partial charge < -0.3 is 9.47 Å². The van der Waals surface area contributed by atoms with Crippen molar-refractivity contribution in [2.75, 3.05) is 19.5 Å². The van der Waals surface area contributed by atoms with Crippen LogP contribution >= 0.6 is 11.8 Å². The van der Waals surface area contributed by atoms with E-state index in [0.29, 0.717) is 23.3 Å². The highest BCUT2D eigenvalue weighted by Gasteiger charge is 2.17. The molecule has 0 radical (unpaired) electrons. The number of amides is 1. The van der Waals surface area contributed by atoms with Crippen molar-refractivity contribution in [1.29, 1.82) is 0 Å². The molecule has 0 fully saturated rings. The number of nitrogens with one attached hydrogen (secondary N) is 2. The number of aromatic nitrogens is 3. The van der Waals surface area contributed by atoms with Gasteiger partial charge in [-0.15, -0.1) is 10.2 Å². The fourth-order valence-corrected chi connectivity index (χ4v) is 4.16. The van der Waals surface area contributed by atoms with Gasteiger partial charge in [0.2, 0.25) is 5.91 Å². The molecule has 0 bridgehead atoms. The summed E-state index contributed by atoms with van der Waals surface area (Å²) in [5, 5.41) is 9.39. The molecule has 0 aliphatic heterocycles. The molecule has 1 heterocycles. The lowest BCUT2D eigenvalue weighted by molar-refractivity contribution is -0.119. The molecule has 4 aromatic rings. The number of thioether (sulfide) groups is 1. The number of carbonyl (C=O) groups excluding carboxylic acids is 1. The highest BCUT2D eigenvalue weighted by molar-refractivity contribution is 7.99. The van der Waals surface area contributed by atoms with Crippen LogP contribution < -0.4 is 20.3 Å². The molecular weight excluding hydrogens is 474 g/mol. The molecule has 1 amide bonds. The van der Waals surface area contributed by atoms with Crippen LogP contribution in [0.4, 0.5) is 0 Å². The molecule has 0 unspecified atom stereocenters. The molecular formula is C27H27N5O3S. The second-order valence-corrected chi connectivity index (χ2v) is 8.55. The largest absolute Gasteiger partial charge is 0.497 e. The van der Waals surface area contributed by atoms with Gasteiger partial charge in [0, 0.05) is 11.3 Å². The molecule has 1 aromatic heterocycles. The normalized spacial score (nSPS) is 10.5. The van der Waals surface area contributed by atoms with Gasteiger partial charge in [-0.25, -0.2) is 0 Å². The first-order chi connectivity index (χ1) is 17.6. The summed E-state index contributed by atoms with van der Waals surface area (Å²) >= 11 is 1.29. The zero-order valence-electron chi connectivity index (χ0n) is 20.1. The monoisotopic (exact) mass is 501 g/mol. The minimum absolute atomic E-state index is 0.132. The number of carbonyl (C=O) groups is 1. The van der Waals surface area contributed by atoms with E-state index in [4.69, 9.17) is 9.47 Å². The van der Waals surface area contributed by atoms with Crippen LogP contribution in [0.2, 0.25) is 0 Å². The Morgan fingerprint density at radius 2 is 1.64 bits per heavy atom. The maximum atomic E-state index is 12.6. The number of hydrogen-bond donors (Lipinski definition) is 2. The maximum absolute atomic E-state index is 12.6. The summed E-state index contributed by atoms with van der Waals surface area (Å²) in [5.41, 5.74) is 8.75. The summed E-state index contributed by atoms with van der Waals surface area (Å²) in [7, 11) is 1.61. The van der Waals surface area contributed by atoms with Crippen molar-refractivity contribution in [3.8, 4) is 28.6 Å². The molecule has 0 saturated carbocycles.